The summed E-state index contributed by atoms with van der Waals surface area (Å²) in [6.07, 6.45) is 0.304. The lowest BCUT2D eigenvalue weighted by Crippen LogP contribution is -2.54. The number of carbonyl (C=O) groups excluding carboxylic acids is 2. The molecule has 0 radical (unpaired) electrons. The van der Waals surface area contributed by atoms with Gasteiger partial charge in [-0.3, -0.25) is 9.59 Å². The Balaban J connectivity index is 2.74. The summed E-state index contributed by atoms with van der Waals surface area (Å²) in [6, 6.07) is 11.2. The van der Waals surface area contributed by atoms with Crippen LogP contribution in [0.3, 0.4) is 0 Å². The van der Waals surface area contributed by atoms with Crippen LogP contribution < -0.4 is 11.1 Å². The van der Waals surface area contributed by atoms with Crippen LogP contribution in [0.15, 0.2) is 30.3 Å². The van der Waals surface area contributed by atoms with Crippen molar-refractivity contribution in [2.24, 2.45) is 11.7 Å². The highest BCUT2D eigenvalue weighted by Crippen LogP contribution is 2.10. The summed E-state index contributed by atoms with van der Waals surface area (Å²) in [5.74, 6) is -1.98. The van der Waals surface area contributed by atoms with Gasteiger partial charge in [-0.25, -0.2) is 0 Å². The van der Waals surface area contributed by atoms with Crippen LogP contribution in [0.2, 0.25) is 0 Å². The second kappa shape index (κ2) is 6.01. The summed E-state index contributed by atoms with van der Waals surface area (Å²) < 4.78 is 0. The first-order valence-corrected chi connectivity index (χ1v) is 5.92. The van der Waals surface area contributed by atoms with Crippen LogP contribution >= 0.6 is 0 Å². The number of hydrogen-bond acceptors (Lipinski definition) is 3. The molecular weight excluding hydrogens is 242 g/mol. The normalized spacial score (nSPS) is 12.3. The Morgan fingerprint density at radius 1 is 1.37 bits per heavy atom. The lowest BCUT2D eigenvalue weighted by molar-refractivity contribution is -0.131. The fourth-order valence-electron chi connectivity index (χ4n) is 1.50. The van der Waals surface area contributed by atoms with Crippen molar-refractivity contribution in [3.63, 3.8) is 0 Å². The molecule has 100 valence electrons. The van der Waals surface area contributed by atoms with Gasteiger partial charge in [-0.1, -0.05) is 30.3 Å². The van der Waals surface area contributed by atoms with Crippen molar-refractivity contribution in [1.29, 1.82) is 5.26 Å². The number of primary amides is 1. The van der Waals surface area contributed by atoms with Gasteiger partial charge in [0.2, 0.25) is 11.8 Å². The fourth-order valence-corrected chi connectivity index (χ4v) is 1.50. The van der Waals surface area contributed by atoms with Crippen LogP contribution in [0.25, 0.3) is 0 Å². The molecule has 0 aliphatic carbocycles. The minimum absolute atomic E-state index is 0.304. The first-order valence-electron chi connectivity index (χ1n) is 5.92. The Labute approximate surface area is 112 Å². The van der Waals surface area contributed by atoms with E-state index in [1.807, 2.05) is 36.4 Å². The third-order valence-corrected chi connectivity index (χ3v) is 2.81. The SMILES string of the molecule is CC(C)(NC(=O)C(C#N)Cc1ccccc1)C(N)=O. The van der Waals surface area contributed by atoms with Crippen molar-refractivity contribution >= 4 is 11.8 Å². The predicted octanol–water partition coefficient (Wildman–Crippen LogP) is 0.749. The topological polar surface area (TPSA) is 96.0 Å². The Hall–Kier alpha value is -2.35. The average Bonchev–Trinajstić information content (AvgIpc) is 2.36. The van der Waals surface area contributed by atoms with E-state index in [4.69, 9.17) is 11.0 Å². The van der Waals surface area contributed by atoms with E-state index in [1.165, 1.54) is 13.8 Å². The van der Waals surface area contributed by atoms with E-state index in [0.717, 1.165) is 5.56 Å². The molecule has 1 aromatic rings. The molecule has 0 fully saturated rings. The van der Waals surface area contributed by atoms with Gasteiger partial charge < -0.3 is 11.1 Å². The highest BCUT2D eigenvalue weighted by Gasteiger charge is 2.30. The zero-order chi connectivity index (χ0) is 14.5. The number of benzene rings is 1. The molecule has 1 unspecified atom stereocenters. The summed E-state index contributed by atoms with van der Waals surface area (Å²) in [7, 11) is 0. The highest BCUT2D eigenvalue weighted by atomic mass is 16.2. The van der Waals surface area contributed by atoms with Gasteiger partial charge in [0.1, 0.15) is 11.5 Å². The Morgan fingerprint density at radius 2 is 1.95 bits per heavy atom. The molecule has 3 N–H and O–H groups in total. The number of nitrogens with one attached hydrogen (secondary N) is 1. The first-order chi connectivity index (χ1) is 8.86. The number of carbonyl (C=O) groups is 2. The van der Waals surface area contributed by atoms with Gasteiger partial charge in [0.25, 0.3) is 0 Å². The molecule has 0 aromatic heterocycles. The Kier molecular flexibility index (Phi) is 4.65. The summed E-state index contributed by atoms with van der Waals surface area (Å²) in [6.45, 7) is 3.01. The Morgan fingerprint density at radius 3 is 2.42 bits per heavy atom. The van der Waals surface area contributed by atoms with Gasteiger partial charge in [-0.2, -0.15) is 5.26 Å². The monoisotopic (exact) mass is 259 g/mol. The maximum Gasteiger partial charge on any atom is 0.242 e. The standard InChI is InChI=1S/C14H17N3O2/c1-14(2,13(16)19)17-12(18)11(9-15)8-10-6-4-3-5-7-10/h3-7,11H,8H2,1-2H3,(H2,16,19)(H,17,18). The lowest BCUT2D eigenvalue weighted by Gasteiger charge is -2.23. The van der Waals surface area contributed by atoms with E-state index in [1.54, 1.807) is 0 Å². The van der Waals surface area contributed by atoms with E-state index < -0.39 is 23.3 Å². The van der Waals surface area contributed by atoms with Crippen molar-refractivity contribution in [2.75, 3.05) is 0 Å². The molecule has 0 aliphatic heterocycles. The summed E-state index contributed by atoms with van der Waals surface area (Å²) >= 11 is 0. The van der Waals surface area contributed by atoms with Crippen LogP contribution in [0.5, 0.6) is 0 Å². The zero-order valence-corrected chi connectivity index (χ0v) is 11.0. The summed E-state index contributed by atoms with van der Waals surface area (Å²) in [4.78, 5) is 23.1. The second-order valence-corrected chi connectivity index (χ2v) is 4.85. The molecule has 0 aliphatic rings. The van der Waals surface area contributed by atoms with Gasteiger partial charge in [0.15, 0.2) is 0 Å². The van der Waals surface area contributed by atoms with E-state index in [2.05, 4.69) is 5.32 Å². The molecule has 0 saturated carbocycles. The summed E-state index contributed by atoms with van der Waals surface area (Å²) in [5, 5.41) is 11.6. The van der Waals surface area contributed by atoms with Gasteiger partial charge in [0, 0.05) is 0 Å². The molecule has 1 aromatic carbocycles. The van der Waals surface area contributed by atoms with E-state index in [9.17, 15) is 9.59 Å². The molecule has 5 nitrogen and oxygen atoms in total. The van der Waals surface area contributed by atoms with Crippen molar-refractivity contribution < 1.29 is 9.59 Å². The van der Waals surface area contributed by atoms with Gasteiger partial charge in [0.05, 0.1) is 6.07 Å². The molecule has 19 heavy (non-hydrogen) atoms. The minimum atomic E-state index is -1.16. The number of nitrogens with two attached hydrogens (primary N) is 1. The van der Waals surface area contributed by atoms with E-state index >= 15 is 0 Å². The molecule has 1 atom stereocenters. The molecule has 0 saturated heterocycles. The Bertz CT molecular complexity index is 503. The zero-order valence-electron chi connectivity index (χ0n) is 11.0. The van der Waals surface area contributed by atoms with Gasteiger partial charge in [-0.05, 0) is 25.8 Å². The molecule has 5 heteroatoms. The van der Waals surface area contributed by atoms with Crippen LogP contribution in [0.1, 0.15) is 19.4 Å². The molecule has 0 bridgehead atoms. The molecular formula is C14H17N3O2. The molecule has 0 heterocycles. The molecule has 0 spiro atoms. The van der Waals surface area contributed by atoms with Crippen molar-refractivity contribution in [1.82, 2.24) is 5.32 Å². The predicted molar refractivity (Wildman–Crippen MR) is 70.7 cm³/mol. The van der Waals surface area contributed by atoms with Crippen LogP contribution in [-0.4, -0.2) is 17.4 Å². The molecule has 1 rings (SSSR count). The largest absolute Gasteiger partial charge is 0.368 e. The third kappa shape index (κ3) is 4.11. The fraction of sp³-hybridized carbons (Fsp3) is 0.357. The number of nitriles is 1. The van der Waals surface area contributed by atoms with E-state index in [0.29, 0.717) is 6.42 Å². The number of hydrogen-bond donors (Lipinski definition) is 2. The second-order valence-electron chi connectivity index (χ2n) is 4.85. The minimum Gasteiger partial charge on any atom is -0.368 e. The number of nitrogens with zero attached hydrogens (tertiary/aromatic N) is 1. The summed E-state index contributed by atoms with van der Waals surface area (Å²) in [5.41, 5.74) is 4.90. The smallest absolute Gasteiger partial charge is 0.242 e. The van der Waals surface area contributed by atoms with Crippen LogP contribution in [0.4, 0.5) is 0 Å². The average molecular weight is 259 g/mol. The van der Waals surface area contributed by atoms with Crippen LogP contribution in [0, 0.1) is 17.2 Å². The van der Waals surface area contributed by atoms with Crippen LogP contribution in [-0.2, 0) is 16.0 Å². The van der Waals surface area contributed by atoms with Gasteiger partial charge >= 0.3 is 0 Å². The van der Waals surface area contributed by atoms with Crippen molar-refractivity contribution in [3.05, 3.63) is 35.9 Å². The van der Waals surface area contributed by atoms with Crippen molar-refractivity contribution in [3.8, 4) is 6.07 Å². The van der Waals surface area contributed by atoms with E-state index in [-0.39, 0.29) is 0 Å². The maximum absolute atomic E-state index is 12.0. The van der Waals surface area contributed by atoms with Gasteiger partial charge in [-0.15, -0.1) is 0 Å². The number of rotatable bonds is 5. The highest BCUT2D eigenvalue weighted by molar-refractivity contribution is 5.91. The first kappa shape index (κ1) is 14.7. The molecule has 2 amide bonds. The third-order valence-electron chi connectivity index (χ3n) is 2.81. The van der Waals surface area contributed by atoms with Crippen molar-refractivity contribution in [2.45, 2.75) is 25.8 Å². The quantitative estimate of drug-likeness (QED) is 0.816. The lowest BCUT2D eigenvalue weighted by atomic mass is 9.97. The number of amides is 2. The maximum atomic E-state index is 12.0.